The maximum absolute atomic E-state index is 11.4. The van der Waals surface area contributed by atoms with Gasteiger partial charge in [0.2, 0.25) is 0 Å². The molecule has 0 aromatic heterocycles. The zero-order valence-corrected chi connectivity index (χ0v) is 9.54. The van der Waals surface area contributed by atoms with E-state index in [2.05, 4.69) is 0 Å². The molecule has 0 radical (unpaired) electrons. The molecule has 15 heavy (non-hydrogen) atoms. The highest BCUT2D eigenvalue weighted by molar-refractivity contribution is 5.75. The van der Waals surface area contributed by atoms with Crippen molar-refractivity contribution in [3.8, 4) is 0 Å². The van der Waals surface area contributed by atoms with Crippen molar-refractivity contribution in [3.05, 3.63) is 0 Å². The molecule has 0 aromatic rings. The van der Waals surface area contributed by atoms with Gasteiger partial charge in [0.1, 0.15) is 0 Å². The molecule has 3 nitrogen and oxygen atoms in total. The lowest BCUT2D eigenvalue weighted by atomic mass is 9.67. The Kier molecular flexibility index (Phi) is 4.58. The van der Waals surface area contributed by atoms with Crippen molar-refractivity contribution < 1.29 is 15.0 Å². The predicted octanol–water partition coefficient (Wildman–Crippen LogP) is 2.43. The van der Waals surface area contributed by atoms with E-state index in [-0.39, 0.29) is 12.5 Å². The highest BCUT2D eigenvalue weighted by Crippen LogP contribution is 2.41. The van der Waals surface area contributed by atoms with Gasteiger partial charge < -0.3 is 10.2 Å². The third kappa shape index (κ3) is 2.51. The molecule has 0 spiro atoms. The van der Waals surface area contributed by atoms with Crippen LogP contribution in [0.3, 0.4) is 0 Å². The van der Waals surface area contributed by atoms with Crippen molar-refractivity contribution in [1.29, 1.82) is 0 Å². The third-order valence-electron chi connectivity index (χ3n) is 3.79. The molecule has 3 heteroatoms. The summed E-state index contributed by atoms with van der Waals surface area (Å²) in [5, 5.41) is 18.8. The van der Waals surface area contributed by atoms with E-state index in [1.807, 2.05) is 6.92 Å². The summed E-state index contributed by atoms with van der Waals surface area (Å²) in [6.07, 6.45) is 6.79. The van der Waals surface area contributed by atoms with Crippen LogP contribution in [-0.2, 0) is 4.79 Å². The summed E-state index contributed by atoms with van der Waals surface area (Å²) in [4.78, 5) is 11.4. The highest BCUT2D eigenvalue weighted by atomic mass is 16.4. The van der Waals surface area contributed by atoms with Gasteiger partial charge in [0, 0.05) is 0 Å². The van der Waals surface area contributed by atoms with Gasteiger partial charge in [-0.15, -0.1) is 0 Å². The number of aliphatic hydroxyl groups is 1. The van der Waals surface area contributed by atoms with Crippen LogP contribution in [-0.4, -0.2) is 22.8 Å². The van der Waals surface area contributed by atoms with Crippen LogP contribution in [0, 0.1) is 11.3 Å². The lowest BCUT2D eigenvalue weighted by molar-refractivity contribution is -0.158. The third-order valence-corrected chi connectivity index (χ3v) is 3.79. The minimum Gasteiger partial charge on any atom is -0.481 e. The molecule has 1 atom stereocenters. The van der Waals surface area contributed by atoms with Crippen molar-refractivity contribution in [3.63, 3.8) is 0 Å². The number of carboxylic acids is 1. The fraction of sp³-hybridized carbons (Fsp3) is 0.917. The first kappa shape index (κ1) is 12.5. The molecular weight excluding hydrogens is 192 g/mol. The van der Waals surface area contributed by atoms with Crippen molar-refractivity contribution in [1.82, 2.24) is 0 Å². The smallest absolute Gasteiger partial charge is 0.312 e. The van der Waals surface area contributed by atoms with Crippen LogP contribution in [0.4, 0.5) is 0 Å². The van der Waals surface area contributed by atoms with E-state index in [0.29, 0.717) is 6.42 Å². The molecule has 1 rings (SSSR count). The molecule has 0 heterocycles. The van der Waals surface area contributed by atoms with E-state index in [4.69, 9.17) is 0 Å². The van der Waals surface area contributed by atoms with E-state index in [9.17, 15) is 15.0 Å². The van der Waals surface area contributed by atoms with Crippen LogP contribution in [0.25, 0.3) is 0 Å². The first-order valence-electron chi connectivity index (χ1n) is 6.01. The molecule has 1 aliphatic carbocycles. The Balaban J connectivity index is 2.80. The van der Waals surface area contributed by atoms with Gasteiger partial charge >= 0.3 is 5.97 Å². The van der Waals surface area contributed by atoms with Crippen LogP contribution in [0.5, 0.6) is 0 Å². The van der Waals surface area contributed by atoms with Crippen LogP contribution >= 0.6 is 0 Å². The number of aliphatic hydroxyl groups excluding tert-OH is 1. The molecule has 1 fully saturated rings. The first-order chi connectivity index (χ1) is 7.17. The molecule has 1 aliphatic rings. The summed E-state index contributed by atoms with van der Waals surface area (Å²) < 4.78 is 0. The van der Waals surface area contributed by atoms with Gasteiger partial charge in [-0.1, -0.05) is 32.6 Å². The molecule has 0 saturated heterocycles. The summed E-state index contributed by atoms with van der Waals surface area (Å²) in [7, 11) is 0. The Labute approximate surface area is 91.5 Å². The lowest BCUT2D eigenvalue weighted by Crippen LogP contribution is -2.42. The minimum absolute atomic E-state index is 0.175. The fourth-order valence-corrected chi connectivity index (χ4v) is 2.86. The molecule has 0 amide bonds. The van der Waals surface area contributed by atoms with Crippen LogP contribution in [0.1, 0.15) is 51.9 Å². The number of hydrogen-bond acceptors (Lipinski definition) is 2. The Bertz CT molecular complexity index is 209. The molecular formula is C12H22O3. The summed E-state index contributed by atoms with van der Waals surface area (Å²) in [5.74, 6) is -0.632. The van der Waals surface area contributed by atoms with E-state index >= 15 is 0 Å². The maximum Gasteiger partial charge on any atom is 0.312 e. The Morgan fingerprint density at radius 2 is 1.93 bits per heavy atom. The van der Waals surface area contributed by atoms with Crippen LogP contribution in [0.15, 0.2) is 0 Å². The molecule has 0 aliphatic heterocycles. The Morgan fingerprint density at radius 1 is 1.33 bits per heavy atom. The lowest BCUT2D eigenvalue weighted by Gasteiger charge is -2.37. The average Bonchev–Trinajstić information content (AvgIpc) is 2.26. The largest absolute Gasteiger partial charge is 0.481 e. The van der Waals surface area contributed by atoms with Gasteiger partial charge in [-0.3, -0.25) is 4.79 Å². The van der Waals surface area contributed by atoms with Gasteiger partial charge in [-0.2, -0.15) is 0 Å². The molecule has 1 saturated carbocycles. The van der Waals surface area contributed by atoms with Gasteiger partial charge in [-0.05, 0) is 25.2 Å². The highest BCUT2D eigenvalue weighted by Gasteiger charge is 2.44. The molecule has 0 aromatic carbocycles. The summed E-state index contributed by atoms with van der Waals surface area (Å²) in [6, 6.07) is 0. The number of carboxylic acid groups (broad SMARTS) is 1. The van der Waals surface area contributed by atoms with Crippen molar-refractivity contribution in [2.45, 2.75) is 51.9 Å². The monoisotopic (exact) mass is 214 g/mol. The molecule has 88 valence electrons. The van der Waals surface area contributed by atoms with Gasteiger partial charge in [0.25, 0.3) is 0 Å². The predicted molar refractivity (Wildman–Crippen MR) is 58.6 cm³/mol. The van der Waals surface area contributed by atoms with Crippen LogP contribution < -0.4 is 0 Å². The maximum atomic E-state index is 11.4. The average molecular weight is 214 g/mol. The SMILES string of the molecule is CCCC(CO)(C(=O)O)C1CCCCC1. The number of aliphatic carboxylic acids is 1. The number of hydrogen-bond donors (Lipinski definition) is 2. The molecule has 2 N–H and O–H groups in total. The number of carbonyl (C=O) groups is 1. The molecule has 0 bridgehead atoms. The quantitative estimate of drug-likeness (QED) is 0.739. The van der Waals surface area contributed by atoms with Gasteiger partial charge in [0.05, 0.1) is 12.0 Å². The second kappa shape index (κ2) is 5.50. The van der Waals surface area contributed by atoms with E-state index < -0.39 is 11.4 Å². The summed E-state index contributed by atoms with van der Waals surface area (Å²) in [5.41, 5.74) is -0.866. The Hall–Kier alpha value is -0.570. The second-order valence-electron chi connectivity index (χ2n) is 4.70. The van der Waals surface area contributed by atoms with Gasteiger partial charge in [-0.25, -0.2) is 0 Å². The fourth-order valence-electron chi connectivity index (χ4n) is 2.86. The van der Waals surface area contributed by atoms with Crippen molar-refractivity contribution >= 4 is 5.97 Å². The summed E-state index contributed by atoms with van der Waals surface area (Å²) in [6.45, 7) is 1.77. The van der Waals surface area contributed by atoms with Gasteiger partial charge in [0.15, 0.2) is 0 Å². The Morgan fingerprint density at radius 3 is 2.33 bits per heavy atom. The standard InChI is InChI=1S/C12H22O3/c1-2-8-12(9-13,11(14)15)10-6-4-3-5-7-10/h10,13H,2-9H2,1H3,(H,14,15). The zero-order valence-electron chi connectivity index (χ0n) is 9.54. The normalized spacial score (nSPS) is 22.3. The number of rotatable bonds is 5. The molecule has 1 unspecified atom stereocenters. The first-order valence-corrected chi connectivity index (χ1v) is 6.01. The minimum atomic E-state index is -0.866. The van der Waals surface area contributed by atoms with Crippen molar-refractivity contribution in [2.75, 3.05) is 6.61 Å². The van der Waals surface area contributed by atoms with Crippen molar-refractivity contribution in [2.24, 2.45) is 11.3 Å². The second-order valence-corrected chi connectivity index (χ2v) is 4.70. The van der Waals surface area contributed by atoms with E-state index in [1.165, 1.54) is 6.42 Å². The van der Waals surface area contributed by atoms with E-state index in [1.54, 1.807) is 0 Å². The van der Waals surface area contributed by atoms with E-state index in [0.717, 1.165) is 32.1 Å². The summed E-state index contributed by atoms with van der Waals surface area (Å²) >= 11 is 0. The van der Waals surface area contributed by atoms with Crippen LogP contribution in [0.2, 0.25) is 0 Å². The zero-order chi connectivity index (χ0) is 11.3. The topological polar surface area (TPSA) is 57.5 Å².